The minimum absolute atomic E-state index is 0.0155. The maximum Gasteiger partial charge on any atom is 0.191 e. The van der Waals surface area contributed by atoms with Crippen molar-refractivity contribution >= 4 is 5.96 Å². The number of halogens is 1. The summed E-state index contributed by atoms with van der Waals surface area (Å²) in [5.41, 5.74) is 0.969. The van der Waals surface area contributed by atoms with Gasteiger partial charge < -0.3 is 15.4 Å². The van der Waals surface area contributed by atoms with Crippen molar-refractivity contribution in [2.75, 3.05) is 26.2 Å². The Balaban J connectivity index is 1.95. The average Bonchev–Trinajstić information content (AvgIpc) is 2.58. The molecular weight excluding hydrogens is 331 g/mol. The van der Waals surface area contributed by atoms with E-state index in [1.165, 1.54) is 12.1 Å². The summed E-state index contributed by atoms with van der Waals surface area (Å²) >= 11 is 0. The second-order valence-corrected chi connectivity index (χ2v) is 7.65. The molecule has 0 aromatic heterocycles. The number of benzene rings is 1. The molecule has 2 unspecified atom stereocenters. The monoisotopic (exact) mass is 364 g/mol. The first-order valence-electron chi connectivity index (χ1n) is 9.47. The number of rotatable bonds is 6. The highest BCUT2D eigenvalue weighted by atomic mass is 19.1. The Hall–Kier alpha value is -1.66. The first kappa shape index (κ1) is 20.6. The summed E-state index contributed by atoms with van der Waals surface area (Å²) in [5.74, 6) is 0.553. The van der Waals surface area contributed by atoms with Gasteiger partial charge in [-0.3, -0.25) is 4.90 Å². The van der Waals surface area contributed by atoms with E-state index in [1.54, 1.807) is 12.1 Å². The SMILES string of the molecule is CCNC(=NCc1ccc(F)cc1)NCC(C)(C)N1CC(C)OC(C)C1. The molecule has 0 spiro atoms. The van der Waals surface area contributed by atoms with Crippen molar-refractivity contribution in [2.45, 2.75) is 58.9 Å². The standard InChI is InChI=1S/C20H33FN4O/c1-6-22-19(23-11-17-7-9-18(21)10-8-17)24-14-20(4,5)25-12-15(2)26-16(3)13-25/h7-10,15-16H,6,11-14H2,1-5H3,(H2,22,23,24). The van der Waals surface area contributed by atoms with Crippen molar-refractivity contribution in [3.8, 4) is 0 Å². The molecule has 6 heteroatoms. The predicted octanol–water partition coefficient (Wildman–Crippen LogP) is 2.77. The van der Waals surface area contributed by atoms with Crippen LogP contribution in [0.1, 0.15) is 40.2 Å². The van der Waals surface area contributed by atoms with Crippen molar-refractivity contribution in [1.29, 1.82) is 0 Å². The van der Waals surface area contributed by atoms with E-state index < -0.39 is 0 Å². The number of nitrogens with one attached hydrogen (secondary N) is 2. The molecule has 1 saturated heterocycles. The molecule has 1 aromatic carbocycles. The highest BCUT2D eigenvalue weighted by molar-refractivity contribution is 5.79. The van der Waals surface area contributed by atoms with Gasteiger partial charge in [0.1, 0.15) is 5.82 Å². The molecule has 1 heterocycles. The van der Waals surface area contributed by atoms with Gasteiger partial charge in [0.2, 0.25) is 0 Å². The lowest BCUT2D eigenvalue weighted by atomic mass is 10.00. The number of ether oxygens (including phenoxy) is 1. The fourth-order valence-corrected chi connectivity index (χ4v) is 3.19. The lowest BCUT2D eigenvalue weighted by Gasteiger charge is -2.45. The van der Waals surface area contributed by atoms with Crippen LogP contribution in [-0.4, -0.2) is 54.8 Å². The zero-order valence-corrected chi connectivity index (χ0v) is 16.7. The van der Waals surface area contributed by atoms with Crippen LogP contribution in [0.15, 0.2) is 29.3 Å². The Morgan fingerprint density at radius 1 is 1.19 bits per heavy atom. The summed E-state index contributed by atoms with van der Waals surface area (Å²) in [6, 6.07) is 6.47. The molecule has 0 aliphatic carbocycles. The third-order valence-corrected chi connectivity index (χ3v) is 4.64. The predicted molar refractivity (Wildman–Crippen MR) is 105 cm³/mol. The summed E-state index contributed by atoms with van der Waals surface area (Å²) < 4.78 is 18.9. The molecule has 2 atom stereocenters. The quantitative estimate of drug-likeness (QED) is 0.602. The fraction of sp³-hybridized carbons (Fsp3) is 0.650. The summed E-state index contributed by atoms with van der Waals surface area (Å²) in [6.07, 6.45) is 0.497. The van der Waals surface area contributed by atoms with E-state index in [4.69, 9.17) is 4.74 Å². The molecule has 1 fully saturated rings. The first-order chi connectivity index (χ1) is 12.3. The Morgan fingerprint density at radius 2 is 1.81 bits per heavy atom. The van der Waals surface area contributed by atoms with Gasteiger partial charge >= 0.3 is 0 Å². The lowest BCUT2D eigenvalue weighted by Crippen LogP contribution is -2.59. The van der Waals surface area contributed by atoms with E-state index in [0.29, 0.717) is 6.54 Å². The van der Waals surface area contributed by atoms with Crippen molar-refractivity contribution in [2.24, 2.45) is 4.99 Å². The van der Waals surface area contributed by atoms with E-state index in [2.05, 4.69) is 48.2 Å². The van der Waals surface area contributed by atoms with Crippen LogP contribution < -0.4 is 10.6 Å². The zero-order chi connectivity index (χ0) is 19.2. The van der Waals surface area contributed by atoms with Crippen LogP contribution >= 0.6 is 0 Å². The Bertz CT molecular complexity index is 578. The fourth-order valence-electron chi connectivity index (χ4n) is 3.19. The number of guanidine groups is 1. The minimum Gasteiger partial charge on any atom is -0.373 e. The van der Waals surface area contributed by atoms with E-state index >= 15 is 0 Å². The third-order valence-electron chi connectivity index (χ3n) is 4.64. The van der Waals surface area contributed by atoms with Gasteiger partial charge in [-0.2, -0.15) is 0 Å². The molecule has 0 amide bonds. The molecule has 1 aliphatic rings. The number of morpholine rings is 1. The lowest BCUT2D eigenvalue weighted by molar-refractivity contribution is -0.0946. The molecule has 0 bridgehead atoms. The van der Waals surface area contributed by atoms with E-state index in [9.17, 15) is 4.39 Å². The summed E-state index contributed by atoms with van der Waals surface area (Å²) in [4.78, 5) is 7.09. The maximum absolute atomic E-state index is 13.0. The molecule has 1 aliphatic heterocycles. The molecule has 26 heavy (non-hydrogen) atoms. The molecule has 0 radical (unpaired) electrons. The van der Waals surface area contributed by atoms with Crippen LogP contribution in [0.3, 0.4) is 0 Å². The number of aliphatic imine (C=N–C) groups is 1. The van der Waals surface area contributed by atoms with Crippen LogP contribution in [0.25, 0.3) is 0 Å². The highest BCUT2D eigenvalue weighted by Crippen LogP contribution is 2.20. The van der Waals surface area contributed by atoms with Crippen LogP contribution in [0.4, 0.5) is 4.39 Å². The molecule has 0 saturated carbocycles. The van der Waals surface area contributed by atoms with Crippen LogP contribution in [0, 0.1) is 5.82 Å². The van der Waals surface area contributed by atoms with Crippen molar-refractivity contribution in [3.05, 3.63) is 35.6 Å². The molecule has 2 N–H and O–H groups in total. The number of hydrogen-bond acceptors (Lipinski definition) is 3. The maximum atomic E-state index is 13.0. The van der Waals surface area contributed by atoms with Crippen LogP contribution in [0.2, 0.25) is 0 Å². The van der Waals surface area contributed by atoms with Gasteiger partial charge in [0, 0.05) is 31.7 Å². The van der Waals surface area contributed by atoms with Crippen molar-refractivity contribution < 1.29 is 9.13 Å². The Labute approximate surface area is 157 Å². The normalized spacial score (nSPS) is 22.3. The first-order valence-corrected chi connectivity index (χ1v) is 9.47. The topological polar surface area (TPSA) is 48.9 Å². The van der Waals surface area contributed by atoms with Crippen LogP contribution in [-0.2, 0) is 11.3 Å². The molecule has 2 rings (SSSR count). The van der Waals surface area contributed by atoms with Gasteiger partial charge in [-0.05, 0) is 52.3 Å². The molecule has 5 nitrogen and oxygen atoms in total. The van der Waals surface area contributed by atoms with E-state index in [-0.39, 0.29) is 23.6 Å². The van der Waals surface area contributed by atoms with Gasteiger partial charge in [-0.1, -0.05) is 12.1 Å². The van der Waals surface area contributed by atoms with Gasteiger partial charge in [-0.25, -0.2) is 9.38 Å². The van der Waals surface area contributed by atoms with Gasteiger partial charge in [0.05, 0.1) is 18.8 Å². The van der Waals surface area contributed by atoms with Gasteiger partial charge in [0.25, 0.3) is 0 Å². The Kier molecular flexibility index (Phi) is 7.41. The summed E-state index contributed by atoms with van der Waals surface area (Å²) in [5, 5.41) is 6.73. The minimum atomic E-state index is -0.224. The largest absolute Gasteiger partial charge is 0.373 e. The smallest absolute Gasteiger partial charge is 0.191 e. The molecular formula is C20H33FN4O. The third kappa shape index (κ3) is 6.25. The second kappa shape index (κ2) is 9.33. The summed E-state index contributed by atoms with van der Waals surface area (Å²) in [7, 11) is 0. The summed E-state index contributed by atoms with van der Waals surface area (Å²) in [6.45, 7) is 14.7. The number of hydrogen-bond donors (Lipinski definition) is 2. The highest BCUT2D eigenvalue weighted by Gasteiger charge is 2.33. The van der Waals surface area contributed by atoms with Gasteiger partial charge in [0.15, 0.2) is 5.96 Å². The molecule has 1 aromatic rings. The van der Waals surface area contributed by atoms with Crippen molar-refractivity contribution in [1.82, 2.24) is 15.5 Å². The van der Waals surface area contributed by atoms with Crippen LogP contribution in [0.5, 0.6) is 0 Å². The van der Waals surface area contributed by atoms with E-state index in [1.807, 2.05) is 6.92 Å². The Morgan fingerprint density at radius 3 is 2.38 bits per heavy atom. The van der Waals surface area contributed by atoms with E-state index in [0.717, 1.165) is 37.7 Å². The zero-order valence-electron chi connectivity index (χ0n) is 16.7. The van der Waals surface area contributed by atoms with Gasteiger partial charge in [-0.15, -0.1) is 0 Å². The average molecular weight is 365 g/mol. The molecule has 146 valence electrons. The number of nitrogens with zero attached hydrogens (tertiary/aromatic N) is 2. The second-order valence-electron chi connectivity index (χ2n) is 7.65. The van der Waals surface area contributed by atoms with Crippen molar-refractivity contribution in [3.63, 3.8) is 0 Å².